The van der Waals surface area contributed by atoms with Gasteiger partial charge in [0.15, 0.2) is 0 Å². The first-order valence-electron chi connectivity index (χ1n) is 5.61. The molecule has 0 aliphatic carbocycles. The van der Waals surface area contributed by atoms with Crippen LogP contribution in [0.4, 0.5) is 0 Å². The third-order valence-corrected chi connectivity index (χ3v) is 3.32. The maximum atomic E-state index is 12.0. The lowest BCUT2D eigenvalue weighted by molar-refractivity contribution is -0.135. The molecule has 3 atom stereocenters. The van der Waals surface area contributed by atoms with Gasteiger partial charge in [-0.1, -0.05) is 6.92 Å². The largest absolute Gasteiger partial charge is 0.336 e. The molecule has 1 saturated heterocycles. The van der Waals surface area contributed by atoms with Gasteiger partial charge in [0.25, 0.3) is 0 Å². The van der Waals surface area contributed by atoms with Crippen molar-refractivity contribution in [3.63, 3.8) is 0 Å². The minimum atomic E-state index is -0.0513. The first kappa shape index (κ1) is 11.5. The number of nitrogens with one attached hydrogen (secondary N) is 1. The Morgan fingerprint density at radius 2 is 2.21 bits per heavy atom. The van der Waals surface area contributed by atoms with Crippen molar-refractivity contribution >= 4 is 5.91 Å². The van der Waals surface area contributed by atoms with Crippen LogP contribution in [-0.2, 0) is 4.79 Å². The van der Waals surface area contributed by atoms with Crippen molar-refractivity contribution in [2.45, 2.75) is 58.2 Å². The van der Waals surface area contributed by atoms with Crippen molar-refractivity contribution in [1.29, 1.82) is 0 Å². The van der Waals surface area contributed by atoms with Crippen molar-refractivity contribution in [3.8, 4) is 0 Å². The maximum absolute atomic E-state index is 12.0. The average molecular weight is 198 g/mol. The molecular formula is C11H22N2O. The van der Waals surface area contributed by atoms with Gasteiger partial charge >= 0.3 is 0 Å². The van der Waals surface area contributed by atoms with Crippen LogP contribution in [0.1, 0.15) is 40.0 Å². The second kappa shape index (κ2) is 4.78. The molecule has 0 aromatic heterocycles. The van der Waals surface area contributed by atoms with Gasteiger partial charge in [-0.15, -0.1) is 0 Å². The molecule has 1 amide bonds. The number of hydrogen-bond acceptors (Lipinski definition) is 2. The van der Waals surface area contributed by atoms with Crippen LogP contribution in [-0.4, -0.2) is 36.0 Å². The highest BCUT2D eigenvalue weighted by Crippen LogP contribution is 2.26. The highest BCUT2D eigenvalue weighted by molar-refractivity contribution is 5.82. The summed E-state index contributed by atoms with van der Waals surface area (Å²) in [4.78, 5) is 14.1. The van der Waals surface area contributed by atoms with Crippen molar-refractivity contribution in [2.75, 3.05) is 7.05 Å². The number of likely N-dealkylation sites (tertiary alicyclic amines) is 1. The average Bonchev–Trinajstić information content (AvgIpc) is 2.57. The van der Waals surface area contributed by atoms with Gasteiger partial charge in [-0.05, 0) is 40.2 Å². The first-order chi connectivity index (χ1) is 6.61. The quantitative estimate of drug-likeness (QED) is 0.743. The Labute approximate surface area is 86.9 Å². The Hall–Kier alpha value is -0.570. The second-order valence-electron chi connectivity index (χ2n) is 4.24. The molecule has 1 rings (SSSR count). The zero-order valence-corrected chi connectivity index (χ0v) is 9.71. The van der Waals surface area contributed by atoms with Gasteiger partial charge in [-0.2, -0.15) is 0 Å². The van der Waals surface area contributed by atoms with E-state index in [1.165, 1.54) is 6.42 Å². The molecule has 1 fully saturated rings. The summed E-state index contributed by atoms with van der Waals surface area (Å²) in [6.45, 7) is 6.24. The molecule has 1 aliphatic heterocycles. The molecule has 0 spiro atoms. The van der Waals surface area contributed by atoms with Crippen LogP contribution in [0.5, 0.6) is 0 Å². The zero-order valence-electron chi connectivity index (χ0n) is 9.71. The summed E-state index contributed by atoms with van der Waals surface area (Å²) in [5, 5.41) is 3.02. The monoisotopic (exact) mass is 198 g/mol. The van der Waals surface area contributed by atoms with Gasteiger partial charge in [0, 0.05) is 12.1 Å². The Bertz CT molecular complexity index is 205. The summed E-state index contributed by atoms with van der Waals surface area (Å²) in [5.74, 6) is 0.254. The minimum Gasteiger partial charge on any atom is -0.336 e. The van der Waals surface area contributed by atoms with Gasteiger partial charge in [-0.3, -0.25) is 4.79 Å². The van der Waals surface area contributed by atoms with E-state index in [4.69, 9.17) is 0 Å². The maximum Gasteiger partial charge on any atom is 0.239 e. The van der Waals surface area contributed by atoms with E-state index in [0.717, 1.165) is 12.8 Å². The Balaban J connectivity index is 2.68. The van der Waals surface area contributed by atoms with Crippen LogP contribution in [0.2, 0.25) is 0 Å². The highest BCUT2D eigenvalue weighted by Gasteiger charge is 2.34. The normalized spacial score (nSPS) is 29.3. The van der Waals surface area contributed by atoms with E-state index in [1.807, 2.05) is 14.0 Å². The fourth-order valence-electron chi connectivity index (χ4n) is 2.22. The molecule has 1 aliphatic rings. The summed E-state index contributed by atoms with van der Waals surface area (Å²) in [6.07, 6.45) is 3.40. The number of rotatable bonds is 3. The first-order valence-corrected chi connectivity index (χ1v) is 5.61. The van der Waals surface area contributed by atoms with Crippen molar-refractivity contribution < 1.29 is 4.79 Å². The van der Waals surface area contributed by atoms with Gasteiger partial charge < -0.3 is 10.2 Å². The summed E-state index contributed by atoms with van der Waals surface area (Å²) < 4.78 is 0. The van der Waals surface area contributed by atoms with Crippen LogP contribution in [0.15, 0.2) is 0 Å². The van der Waals surface area contributed by atoms with Crippen LogP contribution in [0, 0.1) is 0 Å². The van der Waals surface area contributed by atoms with E-state index in [0.29, 0.717) is 12.1 Å². The predicted molar refractivity (Wildman–Crippen MR) is 58.1 cm³/mol. The number of carbonyl (C=O) groups excluding carboxylic acids is 1. The predicted octanol–water partition coefficient (Wildman–Crippen LogP) is 1.38. The summed E-state index contributed by atoms with van der Waals surface area (Å²) >= 11 is 0. The van der Waals surface area contributed by atoms with E-state index < -0.39 is 0 Å². The summed E-state index contributed by atoms with van der Waals surface area (Å²) in [7, 11) is 1.84. The van der Waals surface area contributed by atoms with Gasteiger partial charge in [0.2, 0.25) is 5.91 Å². The molecular weight excluding hydrogens is 176 g/mol. The molecule has 0 bridgehead atoms. The Morgan fingerprint density at radius 3 is 2.71 bits per heavy atom. The molecule has 0 saturated carbocycles. The molecule has 0 radical (unpaired) electrons. The topological polar surface area (TPSA) is 32.3 Å². The van der Waals surface area contributed by atoms with Crippen molar-refractivity contribution in [1.82, 2.24) is 10.2 Å². The summed E-state index contributed by atoms with van der Waals surface area (Å²) in [6, 6.07) is 0.834. The summed E-state index contributed by atoms with van der Waals surface area (Å²) in [5.41, 5.74) is 0. The number of likely N-dealkylation sites (N-methyl/N-ethyl adjacent to an activating group) is 1. The smallest absolute Gasteiger partial charge is 0.239 e. The van der Waals surface area contributed by atoms with Crippen molar-refractivity contribution in [3.05, 3.63) is 0 Å². The molecule has 1 heterocycles. The van der Waals surface area contributed by atoms with Gasteiger partial charge in [0.1, 0.15) is 0 Å². The van der Waals surface area contributed by atoms with Crippen LogP contribution < -0.4 is 5.32 Å². The second-order valence-corrected chi connectivity index (χ2v) is 4.24. The Kier molecular flexibility index (Phi) is 3.93. The molecule has 3 heteroatoms. The third kappa shape index (κ3) is 2.08. The lowest BCUT2D eigenvalue weighted by Gasteiger charge is -2.30. The minimum absolute atomic E-state index is 0.0513. The van der Waals surface area contributed by atoms with Gasteiger partial charge in [0.05, 0.1) is 6.04 Å². The Morgan fingerprint density at radius 1 is 1.57 bits per heavy atom. The molecule has 0 aromatic carbocycles. The molecule has 14 heavy (non-hydrogen) atoms. The molecule has 3 nitrogen and oxygen atoms in total. The lowest BCUT2D eigenvalue weighted by Crippen LogP contribution is -2.48. The SMILES string of the molecule is CCC1CCC(C)N1C(=O)C(C)NC. The van der Waals surface area contributed by atoms with Gasteiger partial charge in [-0.25, -0.2) is 0 Å². The van der Waals surface area contributed by atoms with Crippen LogP contribution in [0.3, 0.4) is 0 Å². The van der Waals surface area contributed by atoms with Crippen molar-refractivity contribution in [2.24, 2.45) is 0 Å². The van der Waals surface area contributed by atoms with E-state index in [9.17, 15) is 4.79 Å². The zero-order chi connectivity index (χ0) is 10.7. The fourth-order valence-corrected chi connectivity index (χ4v) is 2.22. The molecule has 82 valence electrons. The van der Waals surface area contributed by atoms with Crippen LogP contribution in [0.25, 0.3) is 0 Å². The standard InChI is InChI=1S/C11H22N2O/c1-5-10-7-6-8(2)13(10)11(14)9(3)12-4/h8-10,12H,5-7H2,1-4H3. The lowest BCUT2D eigenvalue weighted by atomic mass is 10.1. The fraction of sp³-hybridized carbons (Fsp3) is 0.909. The van der Waals surface area contributed by atoms with E-state index >= 15 is 0 Å². The number of amides is 1. The molecule has 0 aromatic rings. The third-order valence-electron chi connectivity index (χ3n) is 3.32. The van der Waals surface area contributed by atoms with E-state index in [2.05, 4.69) is 24.1 Å². The number of nitrogens with zero attached hydrogens (tertiary/aromatic N) is 1. The van der Waals surface area contributed by atoms with Crippen LogP contribution >= 0.6 is 0 Å². The highest BCUT2D eigenvalue weighted by atomic mass is 16.2. The number of carbonyl (C=O) groups is 1. The molecule has 3 unspecified atom stereocenters. The van der Waals surface area contributed by atoms with E-state index in [1.54, 1.807) is 0 Å². The number of hydrogen-bond donors (Lipinski definition) is 1. The molecule has 1 N–H and O–H groups in total. The van der Waals surface area contributed by atoms with E-state index in [-0.39, 0.29) is 11.9 Å².